The van der Waals surface area contributed by atoms with Crippen LogP contribution in [0.25, 0.3) is 33.8 Å². The van der Waals surface area contributed by atoms with Crippen LogP contribution in [-0.4, -0.2) is 15.0 Å². The molecule has 0 fully saturated rings. The van der Waals surface area contributed by atoms with E-state index in [1.54, 1.807) is 30.6 Å². The van der Waals surface area contributed by atoms with Crippen LogP contribution in [0.3, 0.4) is 0 Å². The first-order chi connectivity index (χ1) is 11.7. The predicted molar refractivity (Wildman–Crippen MR) is 89.6 cm³/mol. The lowest BCUT2D eigenvalue weighted by Gasteiger charge is -2.06. The molecule has 24 heavy (non-hydrogen) atoms. The maximum atomic E-state index is 9.05. The van der Waals surface area contributed by atoms with Crippen LogP contribution in [0, 0.1) is 11.3 Å². The summed E-state index contributed by atoms with van der Waals surface area (Å²) in [6, 6.07) is 14.9. The lowest BCUT2D eigenvalue weighted by atomic mass is 10.0. The summed E-state index contributed by atoms with van der Waals surface area (Å²) in [5.74, 6) is 0.689. The Bertz CT molecular complexity index is 1060. The van der Waals surface area contributed by atoms with Gasteiger partial charge < -0.3 is 10.2 Å². The van der Waals surface area contributed by atoms with E-state index in [2.05, 4.69) is 21.0 Å². The molecule has 0 bridgehead atoms. The van der Waals surface area contributed by atoms with E-state index in [1.165, 1.54) is 0 Å². The third kappa shape index (κ3) is 2.34. The number of nitrogens with zero attached hydrogens (tertiary/aromatic N) is 4. The molecule has 0 aliphatic rings. The van der Waals surface area contributed by atoms with Gasteiger partial charge in [-0.2, -0.15) is 5.26 Å². The zero-order valence-electron chi connectivity index (χ0n) is 12.5. The molecule has 4 rings (SSSR count). The lowest BCUT2D eigenvalue weighted by Crippen LogP contribution is -1.95. The normalized spacial score (nSPS) is 10.6. The van der Waals surface area contributed by atoms with Crippen LogP contribution < -0.4 is 5.73 Å². The summed E-state index contributed by atoms with van der Waals surface area (Å²) in [6.07, 6.45) is 3.30. The van der Waals surface area contributed by atoms with Gasteiger partial charge in [-0.3, -0.25) is 0 Å². The number of oxazole rings is 1. The highest BCUT2D eigenvalue weighted by molar-refractivity contribution is 5.79. The quantitative estimate of drug-likeness (QED) is 0.608. The zero-order chi connectivity index (χ0) is 16.5. The van der Waals surface area contributed by atoms with Crippen LogP contribution in [-0.2, 0) is 0 Å². The molecule has 0 atom stereocenters. The molecule has 0 aliphatic heterocycles. The van der Waals surface area contributed by atoms with Crippen molar-refractivity contribution in [2.75, 3.05) is 5.73 Å². The first-order valence-electron chi connectivity index (χ1n) is 7.22. The number of fused-ring (bicyclic) bond motifs is 1. The summed E-state index contributed by atoms with van der Waals surface area (Å²) in [5.41, 5.74) is 9.97. The molecule has 6 heteroatoms. The Morgan fingerprint density at radius 1 is 1.04 bits per heavy atom. The minimum Gasteiger partial charge on any atom is -0.418 e. The SMILES string of the molecule is N#Cc1cccc(-c2cnc(N)c(-c3nc4cccnc4o3)c2)c1. The average Bonchev–Trinajstić information content (AvgIpc) is 3.06. The van der Waals surface area contributed by atoms with Gasteiger partial charge in [-0.25, -0.2) is 15.0 Å². The Labute approximate surface area is 137 Å². The summed E-state index contributed by atoms with van der Waals surface area (Å²) in [6.45, 7) is 0. The monoisotopic (exact) mass is 313 g/mol. The number of benzene rings is 1. The molecule has 6 nitrogen and oxygen atoms in total. The Hall–Kier alpha value is -3.72. The Balaban J connectivity index is 1.85. The minimum absolute atomic E-state index is 0.321. The summed E-state index contributed by atoms with van der Waals surface area (Å²) >= 11 is 0. The minimum atomic E-state index is 0.321. The maximum Gasteiger partial charge on any atom is 0.247 e. The van der Waals surface area contributed by atoms with Crippen molar-refractivity contribution in [1.82, 2.24) is 15.0 Å². The number of nitrogen functional groups attached to an aromatic ring is 1. The van der Waals surface area contributed by atoms with Gasteiger partial charge in [0.1, 0.15) is 11.3 Å². The van der Waals surface area contributed by atoms with Crippen molar-refractivity contribution in [2.45, 2.75) is 0 Å². The Morgan fingerprint density at radius 3 is 2.79 bits per heavy atom. The molecule has 3 heterocycles. The van der Waals surface area contributed by atoms with Gasteiger partial charge in [0.25, 0.3) is 0 Å². The lowest BCUT2D eigenvalue weighted by molar-refractivity contribution is 0.608. The first-order valence-corrected chi connectivity index (χ1v) is 7.22. The van der Waals surface area contributed by atoms with Crippen LogP contribution >= 0.6 is 0 Å². The number of anilines is 1. The Morgan fingerprint density at radius 2 is 1.96 bits per heavy atom. The summed E-state index contributed by atoms with van der Waals surface area (Å²) in [7, 11) is 0. The number of nitrogens with two attached hydrogens (primary N) is 1. The number of rotatable bonds is 2. The van der Waals surface area contributed by atoms with E-state index in [0.29, 0.717) is 34.1 Å². The highest BCUT2D eigenvalue weighted by Gasteiger charge is 2.14. The summed E-state index contributed by atoms with van der Waals surface area (Å²) < 4.78 is 5.68. The van der Waals surface area contributed by atoms with Crippen LogP contribution in [0.2, 0.25) is 0 Å². The highest BCUT2D eigenvalue weighted by Crippen LogP contribution is 2.30. The summed E-state index contributed by atoms with van der Waals surface area (Å²) in [4.78, 5) is 12.8. The topological polar surface area (TPSA) is 102 Å². The highest BCUT2D eigenvalue weighted by atomic mass is 16.4. The molecule has 3 aromatic heterocycles. The van der Waals surface area contributed by atoms with Crippen LogP contribution in [0.5, 0.6) is 0 Å². The molecule has 114 valence electrons. The zero-order valence-corrected chi connectivity index (χ0v) is 12.5. The first kappa shape index (κ1) is 13.9. The van der Waals surface area contributed by atoms with Crippen molar-refractivity contribution < 1.29 is 4.42 Å². The van der Waals surface area contributed by atoms with E-state index in [9.17, 15) is 0 Å². The van der Waals surface area contributed by atoms with Gasteiger partial charge in [-0.15, -0.1) is 0 Å². The fourth-order valence-electron chi connectivity index (χ4n) is 2.46. The molecule has 1 aromatic carbocycles. The van der Waals surface area contributed by atoms with Crippen molar-refractivity contribution in [1.29, 1.82) is 5.26 Å². The van der Waals surface area contributed by atoms with Gasteiger partial charge in [0.2, 0.25) is 11.6 Å². The molecule has 0 saturated carbocycles. The van der Waals surface area contributed by atoms with Gasteiger partial charge in [0, 0.05) is 18.0 Å². The summed E-state index contributed by atoms with van der Waals surface area (Å²) in [5, 5.41) is 9.05. The van der Waals surface area contributed by atoms with Gasteiger partial charge in [-0.1, -0.05) is 12.1 Å². The predicted octanol–water partition coefficient (Wildman–Crippen LogP) is 3.41. The van der Waals surface area contributed by atoms with Crippen molar-refractivity contribution in [2.24, 2.45) is 0 Å². The van der Waals surface area contributed by atoms with Crippen LogP contribution in [0.4, 0.5) is 5.82 Å². The number of hydrogen-bond donors (Lipinski definition) is 1. The fourth-order valence-corrected chi connectivity index (χ4v) is 2.46. The van der Waals surface area contributed by atoms with Gasteiger partial charge in [-0.05, 0) is 35.9 Å². The van der Waals surface area contributed by atoms with Crippen molar-refractivity contribution in [3.63, 3.8) is 0 Å². The largest absolute Gasteiger partial charge is 0.418 e. The van der Waals surface area contributed by atoms with Gasteiger partial charge in [0.05, 0.1) is 17.2 Å². The average molecular weight is 313 g/mol. The van der Waals surface area contributed by atoms with E-state index in [4.69, 9.17) is 15.4 Å². The molecular weight excluding hydrogens is 302 g/mol. The van der Waals surface area contributed by atoms with Crippen molar-refractivity contribution in [3.8, 4) is 28.7 Å². The number of pyridine rings is 2. The Kier molecular flexibility index (Phi) is 3.18. The van der Waals surface area contributed by atoms with Crippen molar-refractivity contribution >= 4 is 17.0 Å². The van der Waals surface area contributed by atoms with E-state index < -0.39 is 0 Å². The van der Waals surface area contributed by atoms with E-state index >= 15 is 0 Å². The van der Waals surface area contributed by atoms with Crippen molar-refractivity contribution in [3.05, 3.63) is 60.4 Å². The van der Waals surface area contributed by atoms with Gasteiger partial charge in [0.15, 0.2) is 0 Å². The number of aromatic nitrogens is 3. The molecule has 0 amide bonds. The molecule has 4 aromatic rings. The molecule has 0 radical (unpaired) electrons. The fraction of sp³-hybridized carbons (Fsp3) is 0. The number of hydrogen-bond acceptors (Lipinski definition) is 6. The van der Waals surface area contributed by atoms with E-state index in [1.807, 2.05) is 24.3 Å². The molecule has 0 unspecified atom stereocenters. The standard InChI is InChI=1S/C18H11N5O/c19-9-11-3-1-4-12(7-11)13-8-14(16(20)22-10-13)17-23-15-5-2-6-21-18(15)24-17/h1-8,10H,(H2,20,22). The molecule has 0 spiro atoms. The smallest absolute Gasteiger partial charge is 0.247 e. The van der Waals surface area contributed by atoms with E-state index in [-0.39, 0.29) is 0 Å². The molecule has 2 N–H and O–H groups in total. The molecular formula is C18H11N5O. The third-order valence-electron chi connectivity index (χ3n) is 3.64. The second-order valence-corrected chi connectivity index (χ2v) is 5.20. The molecule has 0 saturated heterocycles. The second kappa shape index (κ2) is 5.48. The van der Waals surface area contributed by atoms with Crippen LogP contribution in [0.1, 0.15) is 5.56 Å². The van der Waals surface area contributed by atoms with E-state index in [0.717, 1.165) is 11.1 Å². The molecule has 0 aliphatic carbocycles. The maximum absolute atomic E-state index is 9.05. The van der Waals surface area contributed by atoms with Gasteiger partial charge >= 0.3 is 0 Å². The third-order valence-corrected chi connectivity index (χ3v) is 3.64. The second-order valence-electron chi connectivity index (χ2n) is 5.20. The van der Waals surface area contributed by atoms with Crippen LogP contribution in [0.15, 0.2) is 59.3 Å². The number of nitriles is 1.